The number of benzene rings is 1. The van der Waals surface area contributed by atoms with Gasteiger partial charge in [0.2, 0.25) is 18.1 Å². The zero-order chi connectivity index (χ0) is 29.1. The van der Waals surface area contributed by atoms with Crippen molar-refractivity contribution in [3.8, 4) is 11.1 Å². The SMILES string of the molecule is CC(=O)O[C@@H](C(=O)N1CCN(c2ncc(-c3ccc(N4CC(N(C)C(C)=O)OC4=O)cc3F)cn2)CC1)N(C)C. The number of aromatic nitrogens is 2. The Morgan fingerprint density at radius 3 is 2.27 bits per heavy atom. The number of nitrogens with zero attached hydrogens (tertiary/aromatic N) is 7. The number of carbonyl (C=O) groups excluding carboxylic acids is 4. The van der Waals surface area contributed by atoms with Gasteiger partial charge in [0.05, 0.1) is 12.2 Å². The Labute approximate surface area is 231 Å². The molecule has 1 unspecified atom stereocenters. The first-order valence-electron chi connectivity index (χ1n) is 12.7. The summed E-state index contributed by atoms with van der Waals surface area (Å²) in [6.07, 6.45) is 0.631. The van der Waals surface area contributed by atoms with Crippen LogP contribution in [0, 0.1) is 5.82 Å². The molecule has 1 aromatic carbocycles. The van der Waals surface area contributed by atoms with Gasteiger partial charge in [0.1, 0.15) is 5.82 Å². The van der Waals surface area contributed by atoms with E-state index in [9.17, 15) is 19.2 Å². The van der Waals surface area contributed by atoms with Gasteiger partial charge in [-0.3, -0.25) is 24.2 Å². The summed E-state index contributed by atoms with van der Waals surface area (Å²) in [5, 5.41) is 0. The zero-order valence-corrected chi connectivity index (χ0v) is 23.0. The number of esters is 1. The van der Waals surface area contributed by atoms with E-state index in [2.05, 4.69) is 9.97 Å². The van der Waals surface area contributed by atoms with Crippen LogP contribution in [0.15, 0.2) is 30.6 Å². The molecule has 2 saturated heterocycles. The van der Waals surface area contributed by atoms with Crippen LogP contribution in [-0.4, -0.2) is 115 Å². The van der Waals surface area contributed by atoms with Crippen LogP contribution >= 0.6 is 0 Å². The molecule has 0 radical (unpaired) electrons. The van der Waals surface area contributed by atoms with E-state index in [1.54, 1.807) is 30.0 Å². The lowest BCUT2D eigenvalue weighted by Crippen LogP contribution is -2.55. The van der Waals surface area contributed by atoms with Crippen LogP contribution in [0.4, 0.5) is 20.8 Å². The Morgan fingerprint density at radius 1 is 1.07 bits per heavy atom. The quantitative estimate of drug-likeness (QED) is 0.361. The lowest BCUT2D eigenvalue weighted by atomic mass is 10.1. The fourth-order valence-corrected chi connectivity index (χ4v) is 4.41. The van der Waals surface area contributed by atoms with E-state index in [4.69, 9.17) is 9.47 Å². The monoisotopic (exact) mass is 557 g/mol. The van der Waals surface area contributed by atoms with Crippen molar-refractivity contribution < 1.29 is 33.0 Å². The number of hydrogen-bond acceptors (Lipinski definition) is 10. The first kappa shape index (κ1) is 28.7. The van der Waals surface area contributed by atoms with Gasteiger partial charge >= 0.3 is 12.1 Å². The van der Waals surface area contributed by atoms with E-state index in [0.29, 0.717) is 43.4 Å². The summed E-state index contributed by atoms with van der Waals surface area (Å²) in [6.45, 7) is 4.46. The van der Waals surface area contributed by atoms with Gasteiger partial charge in [0.25, 0.3) is 5.91 Å². The van der Waals surface area contributed by atoms with Gasteiger partial charge in [0.15, 0.2) is 6.23 Å². The third-order valence-electron chi connectivity index (χ3n) is 6.77. The number of hydrogen-bond donors (Lipinski definition) is 0. The molecule has 14 heteroatoms. The van der Waals surface area contributed by atoms with Crippen molar-refractivity contribution >= 4 is 35.5 Å². The molecule has 0 N–H and O–H groups in total. The highest BCUT2D eigenvalue weighted by Gasteiger charge is 2.36. The smallest absolute Gasteiger partial charge is 0.416 e. The topological polar surface area (TPSA) is 129 Å². The van der Waals surface area contributed by atoms with Crippen LogP contribution in [0.25, 0.3) is 11.1 Å². The van der Waals surface area contributed by atoms with E-state index in [1.165, 1.54) is 55.2 Å². The third kappa shape index (κ3) is 6.11. The fourth-order valence-electron chi connectivity index (χ4n) is 4.41. The van der Waals surface area contributed by atoms with E-state index in [-0.39, 0.29) is 23.9 Å². The maximum atomic E-state index is 15.1. The maximum absolute atomic E-state index is 15.1. The third-order valence-corrected chi connectivity index (χ3v) is 6.77. The van der Waals surface area contributed by atoms with E-state index in [1.807, 2.05) is 4.90 Å². The van der Waals surface area contributed by atoms with Crippen molar-refractivity contribution in [1.82, 2.24) is 24.7 Å². The number of anilines is 2. The van der Waals surface area contributed by atoms with Crippen LogP contribution in [0.2, 0.25) is 0 Å². The van der Waals surface area contributed by atoms with Crippen LogP contribution in [0.5, 0.6) is 0 Å². The summed E-state index contributed by atoms with van der Waals surface area (Å²) in [5.74, 6) is -1.20. The average Bonchev–Trinajstić information content (AvgIpc) is 3.32. The maximum Gasteiger partial charge on any atom is 0.416 e. The second kappa shape index (κ2) is 11.8. The summed E-state index contributed by atoms with van der Waals surface area (Å²) in [4.78, 5) is 64.6. The molecule has 3 amide bonds. The van der Waals surface area contributed by atoms with Gasteiger partial charge in [-0.1, -0.05) is 0 Å². The van der Waals surface area contributed by atoms with E-state index >= 15 is 4.39 Å². The van der Waals surface area contributed by atoms with Gasteiger partial charge in [0, 0.05) is 70.6 Å². The molecule has 1 aromatic heterocycles. The lowest BCUT2D eigenvalue weighted by molar-refractivity contribution is -0.169. The summed E-state index contributed by atoms with van der Waals surface area (Å²) < 4.78 is 25.5. The molecule has 13 nitrogen and oxygen atoms in total. The number of cyclic esters (lactones) is 1. The molecule has 0 aliphatic carbocycles. The van der Waals surface area contributed by atoms with Crippen molar-refractivity contribution in [3.05, 3.63) is 36.4 Å². The molecule has 40 heavy (non-hydrogen) atoms. The lowest BCUT2D eigenvalue weighted by Gasteiger charge is -2.37. The molecule has 214 valence electrons. The predicted molar refractivity (Wildman–Crippen MR) is 142 cm³/mol. The number of rotatable bonds is 7. The number of halogens is 1. The first-order chi connectivity index (χ1) is 19.0. The Kier molecular flexibility index (Phi) is 8.47. The predicted octanol–water partition coefficient (Wildman–Crippen LogP) is 1.14. The molecule has 2 fully saturated rings. The van der Waals surface area contributed by atoms with Gasteiger partial charge in [-0.15, -0.1) is 0 Å². The minimum atomic E-state index is -0.986. The van der Waals surface area contributed by atoms with E-state index in [0.717, 1.165) is 0 Å². The second-order valence-corrected chi connectivity index (χ2v) is 9.75. The Morgan fingerprint density at radius 2 is 1.73 bits per heavy atom. The molecule has 0 saturated carbocycles. The number of amides is 3. The summed E-state index contributed by atoms with van der Waals surface area (Å²) in [6, 6.07) is 4.36. The standard InChI is InChI=1S/C26H32FN7O6/c1-16(35)31(5)22-15-34(26(38)40-22)19-6-7-20(21(27)12-19)18-13-28-25(29-14-18)33-10-8-32(9-11-33)23(37)24(30(3)4)39-17(2)36/h6-7,12-14,22,24H,8-11,15H2,1-5H3/t22?,24-/m0/s1. The highest BCUT2D eigenvalue weighted by Crippen LogP contribution is 2.29. The molecular formula is C26H32FN7O6. The molecule has 2 aromatic rings. The van der Waals surface area contributed by atoms with Gasteiger partial charge in [-0.2, -0.15) is 0 Å². The number of likely N-dealkylation sites (N-methyl/N-ethyl adjacent to an activating group) is 2. The minimum absolute atomic E-state index is 0.0872. The molecule has 2 aliphatic heterocycles. The molecule has 0 spiro atoms. The summed E-state index contributed by atoms with van der Waals surface area (Å²) in [5.41, 5.74) is 1.02. The highest BCUT2D eigenvalue weighted by atomic mass is 19.1. The van der Waals surface area contributed by atoms with Crippen molar-refractivity contribution in [1.29, 1.82) is 0 Å². The van der Waals surface area contributed by atoms with Crippen molar-refractivity contribution in [3.63, 3.8) is 0 Å². The zero-order valence-electron chi connectivity index (χ0n) is 23.0. The van der Waals surface area contributed by atoms with Gasteiger partial charge in [-0.25, -0.2) is 19.2 Å². The Balaban J connectivity index is 1.39. The van der Waals surface area contributed by atoms with Crippen LogP contribution in [-0.2, 0) is 23.9 Å². The van der Waals surface area contributed by atoms with Crippen LogP contribution in [0.3, 0.4) is 0 Å². The van der Waals surface area contributed by atoms with Crippen molar-refractivity contribution in [2.45, 2.75) is 26.3 Å². The summed E-state index contributed by atoms with van der Waals surface area (Å²) >= 11 is 0. The molecule has 3 heterocycles. The minimum Gasteiger partial charge on any atom is -0.437 e. The van der Waals surface area contributed by atoms with Crippen LogP contribution in [0.1, 0.15) is 13.8 Å². The summed E-state index contributed by atoms with van der Waals surface area (Å²) in [7, 11) is 4.86. The fraction of sp³-hybridized carbons (Fsp3) is 0.462. The second-order valence-electron chi connectivity index (χ2n) is 9.75. The molecule has 2 atom stereocenters. The van der Waals surface area contributed by atoms with Gasteiger partial charge < -0.3 is 24.2 Å². The molecular weight excluding hydrogens is 525 g/mol. The largest absolute Gasteiger partial charge is 0.437 e. The first-order valence-corrected chi connectivity index (χ1v) is 12.7. The Hall–Kier alpha value is -4.33. The number of carbonyl (C=O) groups is 4. The van der Waals surface area contributed by atoms with Gasteiger partial charge in [-0.05, 0) is 32.3 Å². The van der Waals surface area contributed by atoms with E-state index < -0.39 is 30.3 Å². The molecule has 0 bridgehead atoms. The molecule has 4 rings (SSSR count). The van der Waals surface area contributed by atoms with Crippen molar-refractivity contribution in [2.24, 2.45) is 0 Å². The average molecular weight is 558 g/mol. The number of ether oxygens (including phenoxy) is 2. The van der Waals surface area contributed by atoms with Crippen LogP contribution < -0.4 is 9.80 Å². The number of piperazine rings is 1. The highest BCUT2D eigenvalue weighted by molar-refractivity contribution is 5.90. The van der Waals surface area contributed by atoms with Crippen molar-refractivity contribution in [2.75, 3.05) is 63.7 Å². The molecule has 2 aliphatic rings. The normalized spacial score (nSPS) is 18.0. The Bertz CT molecular complexity index is 1280.